The normalized spacial score (nSPS) is 25.7. The van der Waals surface area contributed by atoms with Crippen molar-refractivity contribution < 1.29 is 9.47 Å². The molecule has 1 aliphatic heterocycles. The molecule has 1 heterocycles. The minimum Gasteiger partial charge on any atom is -0.497 e. The van der Waals surface area contributed by atoms with Crippen molar-refractivity contribution in [3.63, 3.8) is 0 Å². The van der Waals surface area contributed by atoms with Gasteiger partial charge in [-0.05, 0) is 73.1 Å². The summed E-state index contributed by atoms with van der Waals surface area (Å²) >= 11 is 0. The number of allylic oxidation sites excluding steroid dienone is 1. The van der Waals surface area contributed by atoms with Crippen LogP contribution in [0.4, 0.5) is 0 Å². The predicted octanol–water partition coefficient (Wildman–Crippen LogP) is 5.47. The van der Waals surface area contributed by atoms with Crippen molar-refractivity contribution in [1.82, 2.24) is 0 Å². The zero-order valence-corrected chi connectivity index (χ0v) is 15.7. The van der Waals surface area contributed by atoms with E-state index < -0.39 is 0 Å². The molecule has 2 aromatic rings. The van der Waals surface area contributed by atoms with Crippen molar-refractivity contribution in [2.75, 3.05) is 7.11 Å². The first-order chi connectivity index (χ1) is 13.3. The molecular formula is C24H25NO2. The van der Waals surface area contributed by atoms with Gasteiger partial charge in [-0.2, -0.15) is 0 Å². The molecule has 1 fully saturated rings. The van der Waals surface area contributed by atoms with Crippen LogP contribution in [0, 0.1) is 5.92 Å². The topological polar surface area (TPSA) is 30.8 Å². The van der Waals surface area contributed by atoms with Crippen LogP contribution < -0.4 is 9.47 Å². The lowest BCUT2D eigenvalue weighted by Gasteiger charge is -2.32. The number of hydrogen-bond acceptors (Lipinski definition) is 3. The van der Waals surface area contributed by atoms with Crippen molar-refractivity contribution in [1.29, 1.82) is 0 Å². The highest BCUT2D eigenvalue weighted by atomic mass is 16.5. The summed E-state index contributed by atoms with van der Waals surface area (Å²) in [5.74, 6) is 2.34. The van der Waals surface area contributed by atoms with E-state index in [2.05, 4.69) is 41.4 Å². The molecule has 2 atom stereocenters. The van der Waals surface area contributed by atoms with Gasteiger partial charge in [-0.3, -0.25) is 4.99 Å². The Hall–Kier alpha value is -2.81. The molecule has 0 saturated heterocycles. The third-order valence-electron chi connectivity index (χ3n) is 5.37. The summed E-state index contributed by atoms with van der Waals surface area (Å²) < 4.78 is 11.9. The summed E-state index contributed by atoms with van der Waals surface area (Å²) in [6.07, 6.45) is 12.3. The van der Waals surface area contributed by atoms with Crippen LogP contribution in [-0.2, 0) is 6.42 Å². The maximum Gasteiger partial charge on any atom is 0.127 e. The molecule has 4 rings (SSSR count). The van der Waals surface area contributed by atoms with Gasteiger partial charge in [0.05, 0.1) is 7.11 Å². The molecule has 27 heavy (non-hydrogen) atoms. The molecule has 138 valence electrons. The van der Waals surface area contributed by atoms with Crippen LogP contribution in [0.5, 0.6) is 11.5 Å². The third-order valence-corrected chi connectivity index (χ3v) is 5.37. The Kier molecular flexibility index (Phi) is 5.38. The Bertz CT molecular complexity index is 867. The molecule has 2 aromatic carbocycles. The number of rotatable bonds is 3. The van der Waals surface area contributed by atoms with Gasteiger partial charge < -0.3 is 9.47 Å². The van der Waals surface area contributed by atoms with E-state index >= 15 is 0 Å². The van der Waals surface area contributed by atoms with Crippen molar-refractivity contribution in [2.24, 2.45) is 10.9 Å². The van der Waals surface area contributed by atoms with Gasteiger partial charge in [0.2, 0.25) is 0 Å². The van der Waals surface area contributed by atoms with Gasteiger partial charge in [0.15, 0.2) is 0 Å². The molecule has 2 aliphatic rings. The SMILES string of the molecule is COc1ccc2c(c1)\C=C/N=C/C=C1/CCC(Cc3ccccc3)CC1O2. The van der Waals surface area contributed by atoms with Gasteiger partial charge in [-0.15, -0.1) is 0 Å². The molecule has 0 amide bonds. The van der Waals surface area contributed by atoms with Gasteiger partial charge in [0, 0.05) is 18.0 Å². The van der Waals surface area contributed by atoms with Crippen LogP contribution in [-0.4, -0.2) is 19.4 Å². The highest BCUT2D eigenvalue weighted by molar-refractivity contribution is 5.74. The van der Waals surface area contributed by atoms with E-state index in [-0.39, 0.29) is 6.10 Å². The second-order valence-electron chi connectivity index (χ2n) is 7.20. The average molecular weight is 359 g/mol. The molecule has 3 heteroatoms. The van der Waals surface area contributed by atoms with E-state index in [1.54, 1.807) is 13.3 Å². The number of benzene rings is 2. The van der Waals surface area contributed by atoms with E-state index in [9.17, 15) is 0 Å². The second-order valence-corrected chi connectivity index (χ2v) is 7.20. The molecule has 3 nitrogen and oxygen atoms in total. The number of nitrogens with zero attached hydrogens (tertiary/aromatic N) is 1. The lowest BCUT2D eigenvalue weighted by Crippen LogP contribution is -2.29. The Morgan fingerprint density at radius 1 is 1.15 bits per heavy atom. The fourth-order valence-corrected chi connectivity index (χ4v) is 3.91. The van der Waals surface area contributed by atoms with Crippen molar-refractivity contribution in [3.8, 4) is 11.5 Å². The lowest BCUT2D eigenvalue weighted by atomic mass is 9.80. The Labute approximate surface area is 161 Å². The van der Waals surface area contributed by atoms with Crippen LogP contribution in [0.1, 0.15) is 30.4 Å². The average Bonchev–Trinajstić information content (AvgIpc) is 2.71. The Morgan fingerprint density at radius 2 is 2.04 bits per heavy atom. The summed E-state index contributed by atoms with van der Waals surface area (Å²) in [6.45, 7) is 0. The predicted molar refractivity (Wildman–Crippen MR) is 111 cm³/mol. The van der Waals surface area contributed by atoms with E-state index in [1.165, 1.54) is 17.6 Å². The molecule has 0 radical (unpaired) electrons. The first-order valence-corrected chi connectivity index (χ1v) is 9.59. The number of hydrogen-bond donors (Lipinski definition) is 0. The van der Waals surface area contributed by atoms with E-state index in [4.69, 9.17) is 9.47 Å². The number of fused-ring (bicyclic) bond motifs is 2. The monoisotopic (exact) mass is 359 g/mol. The van der Waals surface area contributed by atoms with Crippen LogP contribution in [0.15, 0.2) is 71.4 Å². The van der Waals surface area contributed by atoms with E-state index in [0.29, 0.717) is 5.92 Å². The van der Waals surface area contributed by atoms with Gasteiger partial charge in [-0.1, -0.05) is 30.3 Å². The quantitative estimate of drug-likeness (QED) is 0.728. The van der Waals surface area contributed by atoms with Gasteiger partial charge >= 0.3 is 0 Å². The van der Waals surface area contributed by atoms with Gasteiger partial charge in [0.1, 0.15) is 17.6 Å². The van der Waals surface area contributed by atoms with Crippen molar-refractivity contribution in [2.45, 2.75) is 31.8 Å². The van der Waals surface area contributed by atoms with Gasteiger partial charge in [0.25, 0.3) is 0 Å². The van der Waals surface area contributed by atoms with Crippen LogP contribution in [0.3, 0.4) is 0 Å². The van der Waals surface area contributed by atoms with Crippen LogP contribution in [0.2, 0.25) is 0 Å². The lowest BCUT2D eigenvalue weighted by molar-refractivity contribution is 0.170. The molecule has 0 N–H and O–H groups in total. The summed E-state index contributed by atoms with van der Waals surface area (Å²) in [5.41, 5.74) is 3.74. The molecule has 0 aromatic heterocycles. The minimum atomic E-state index is 0.0950. The number of ether oxygens (including phenoxy) is 2. The summed E-state index contributed by atoms with van der Waals surface area (Å²) in [7, 11) is 1.68. The van der Waals surface area contributed by atoms with Crippen LogP contribution in [0.25, 0.3) is 6.08 Å². The Balaban J connectivity index is 1.58. The largest absolute Gasteiger partial charge is 0.497 e. The zero-order chi connectivity index (χ0) is 18.5. The number of aliphatic imine (C=N–C) groups is 1. The minimum absolute atomic E-state index is 0.0950. The zero-order valence-electron chi connectivity index (χ0n) is 15.7. The smallest absolute Gasteiger partial charge is 0.127 e. The maximum atomic E-state index is 6.51. The summed E-state index contributed by atoms with van der Waals surface area (Å²) in [5, 5.41) is 0. The van der Waals surface area contributed by atoms with Crippen LogP contribution >= 0.6 is 0 Å². The van der Waals surface area contributed by atoms with E-state index in [0.717, 1.165) is 36.3 Å². The number of methoxy groups -OCH3 is 1. The molecule has 2 unspecified atom stereocenters. The van der Waals surface area contributed by atoms with Crippen molar-refractivity contribution >= 4 is 12.3 Å². The van der Waals surface area contributed by atoms with Crippen molar-refractivity contribution in [3.05, 3.63) is 77.5 Å². The summed E-state index contributed by atoms with van der Waals surface area (Å²) in [4.78, 5) is 4.39. The highest BCUT2D eigenvalue weighted by Gasteiger charge is 2.28. The molecule has 1 aliphatic carbocycles. The molecule has 0 bridgehead atoms. The van der Waals surface area contributed by atoms with E-state index in [1.807, 2.05) is 30.5 Å². The highest BCUT2D eigenvalue weighted by Crippen LogP contribution is 2.35. The molecule has 0 spiro atoms. The Morgan fingerprint density at radius 3 is 2.89 bits per heavy atom. The van der Waals surface area contributed by atoms with Gasteiger partial charge in [-0.25, -0.2) is 0 Å². The third kappa shape index (κ3) is 4.30. The second kappa shape index (κ2) is 8.26. The summed E-state index contributed by atoms with van der Waals surface area (Å²) in [6, 6.07) is 16.7. The molecule has 1 saturated carbocycles. The standard InChI is InChI=1S/C24H25NO2/c1-26-22-9-10-23-21(17-22)12-14-25-13-11-20-8-7-19(16-24(20)27-23)15-18-5-3-2-4-6-18/h2-6,9-14,17,19,24H,7-8,15-16H2,1H3/b14-12-,20-11-,25-13+. The maximum absolute atomic E-state index is 6.51. The molecular weight excluding hydrogens is 334 g/mol. The first kappa shape index (κ1) is 17.6. The fourth-order valence-electron chi connectivity index (χ4n) is 3.91. The first-order valence-electron chi connectivity index (χ1n) is 9.59. The fraction of sp³-hybridized carbons (Fsp3) is 0.292.